The summed E-state index contributed by atoms with van der Waals surface area (Å²) in [4.78, 5) is 33.0. The normalized spacial score (nSPS) is 12.3. The maximum absolute atomic E-state index is 11.3. The Kier molecular flexibility index (Phi) is 5.64. The van der Waals surface area contributed by atoms with Crippen LogP contribution in [0.3, 0.4) is 0 Å². The van der Waals surface area contributed by atoms with Crippen LogP contribution in [-0.2, 0) is 16.0 Å². The number of hydrogen-bond donors (Lipinski definition) is 3. The highest BCUT2D eigenvalue weighted by molar-refractivity contribution is 5.91. The molecule has 0 fully saturated rings. The molecule has 2 rings (SSSR count). The maximum atomic E-state index is 11.3. The van der Waals surface area contributed by atoms with Crippen LogP contribution >= 0.6 is 0 Å². The number of rotatable bonds is 8. The van der Waals surface area contributed by atoms with Crippen molar-refractivity contribution in [1.29, 1.82) is 0 Å². The Balaban J connectivity index is 2.38. The van der Waals surface area contributed by atoms with Crippen molar-refractivity contribution in [2.45, 2.75) is 18.9 Å². The molecule has 0 saturated heterocycles. The first-order valence-corrected chi connectivity index (χ1v) is 7.48. The molecule has 3 N–H and O–H groups in total. The molecule has 1 atom stereocenters. The van der Waals surface area contributed by atoms with Crippen molar-refractivity contribution in [3.05, 3.63) is 30.1 Å². The van der Waals surface area contributed by atoms with E-state index in [-0.39, 0.29) is 0 Å². The van der Waals surface area contributed by atoms with E-state index in [1.807, 2.05) is 31.1 Å². The Bertz CT molecular complexity index is 748. The van der Waals surface area contributed by atoms with Crippen LogP contribution < -0.4 is 5.32 Å². The molecular weight excluding hydrogens is 312 g/mol. The zero-order valence-corrected chi connectivity index (χ0v) is 13.6. The molecule has 1 aromatic heterocycles. The van der Waals surface area contributed by atoms with Gasteiger partial charge in [-0.2, -0.15) is 0 Å². The molecule has 0 spiro atoms. The lowest BCUT2D eigenvalue weighted by molar-refractivity contribution is -0.144. The molecule has 0 unspecified atom stereocenters. The van der Waals surface area contributed by atoms with Gasteiger partial charge in [0.2, 0.25) is 0 Å². The van der Waals surface area contributed by atoms with E-state index < -0.39 is 24.4 Å². The van der Waals surface area contributed by atoms with E-state index in [4.69, 9.17) is 5.11 Å². The Morgan fingerprint density at radius 3 is 2.54 bits per heavy atom. The molecule has 0 aliphatic heterocycles. The van der Waals surface area contributed by atoms with E-state index in [1.165, 1.54) is 0 Å². The number of carboxylic acid groups (broad SMARTS) is 2. The minimum atomic E-state index is -1.26. The average Bonchev–Trinajstić information content (AvgIpc) is 2.51. The SMILES string of the molecule is CN(C)CCc1nc(N[C@@H](CC(=O)O)C(=O)O)c2ccccc2n1. The van der Waals surface area contributed by atoms with Crippen molar-refractivity contribution in [3.8, 4) is 0 Å². The van der Waals surface area contributed by atoms with E-state index in [1.54, 1.807) is 12.1 Å². The fourth-order valence-electron chi connectivity index (χ4n) is 2.21. The Hall–Kier alpha value is -2.74. The van der Waals surface area contributed by atoms with Gasteiger partial charge in [-0.3, -0.25) is 4.79 Å². The third-order valence-corrected chi connectivity index (χ3v) is 3.42. The van der Waals surface area contributed by atoms with Crippen LogP contribution in [0.15, 0.2) is 24.3 Å². The van der Waals surface area contributed by atoms with Crippen molar-refractivity contribution in [1.82, 2.24) is 14.9 Å². The number of nitrogens with zero attached hydrogens (tertiary/aromatic N) is 3. The number of likely N-dealkylation sites (N-methyl/N-ethyl adjacent to an activating group) is 1. The van der Waals surface area contributed by atoms with Crippen molar-refractivity contribution >= 4 is 28.7 Å². The monoisotopic (exact) mass is 332 g/mol. The Labute approximate surface area is 139 Å². The molecule has 128 valence electrons. The van der Waals surface area contributed by atoms with E-state index in [2.05, 4.69) is 15.3 Å². The minimum Gasteiger partial charge on any atom is -0.481 e. The molecule has 0 aliphatic carbocycles. The quantitative estimate of drug-likeness (QED) is 0.657. The zero-order valence-electron chi connectivity index (χ0n) is 13.6. The molecular formula is C16H20N4O4. The van der Waals surface area contributed by atoms with Crippen LogP contribution in [0.2, 0.25) is 0 Å². The molecule has 8 heteroatoms. The Morgan fingerprint density at radius 2 is 1.92 bits per heavy atom. The summed E-state index contributed by atoms with van der Waals surface area (Å²) in [6, 6.07) is 5.95. The molecule has 0 radical (unpaired) electrons. The largest absolute Gasteiger partial charge is 0.481 e. The molecule has 1 heterocycles. The van der Waals surface area contributed by atoms with Crippen LogP contribution in [0.4, 0.5) is 5.82 Å². The summed E-state index contributed by atoms with van der Waals surface area (Å²) in [5, 5.41) is 21.5. The zero-order chi connectivity index (χ0) is 17.7. The van der Waals surface area contributed by atoms with Crippen LogP contribution in [-0.4, -0.2) is 63.7 Å². The summed E-state index contributed by atoms with van der Waals surface area (Å²) in [5.41, 5.74) is 0.684. The summed E-state index contributed by atoms with van der Waals surface area (Å²) in [7, 11) is 3.88. The summed E-state index contributed by atoms with van der Waals surface area (Å²) in [5.74, 6) is -1.52. The second kappa shape index (κ2) is 7.69. The number of nitrogens with one attached hydrogen (secondary N) is 1. The van der Waals surface area contributed by atoms with Gasteiger partial charge in [0, 0.05) is 18.4 Å². The standard InChI is InChI=1S/C16H20N4O4/c1-20(2)8-7-13-17-11-6-4-3-5-10(11)15(19-13)18-12(16(23)24)9-14(21)22/h3-6,12H,7-9H2,1-2H3,(H,21,22)(H,23,24)(H,17,18,19)/t12-/m0/s1. The summed E-state index contributed by atoms with van der Waals surface area (Å²) < 4.78 is 0. The third-order valence-electron chi connectivity index (χ3n) is 3.42. The number of benzene rings is 1. The summed E-state index contributed by atoms with van der Waals surface area (Å²) >= 11 is 0. The van der Waals surface area contributed by atoms with Crippen molar-refractivity contribution in [2.24, 2.45) is 0 Å². The topological polar surface area (TPSA) is 116 Å². The summed E-state index contributed by atoms with van der Waals surface area (Å²) in [6.07, 6.45) is 0.0594. The number of anilines is 1. The molecule has 1 aromatic carbocycles. The lowest BCUT2D eigenvalue weighted by Gasteiger charge is -2.16. The average molecular weight is 332 g/mol. The minimum absolute atomic E-state index is 0.336. The molecule has 0 aliphatic rings. The molecule has 0 saturated carbocycles. The summed E-state index contributed by atoms with van der Waals surface area (Å²) in [6.45, 7) is 0.745. The predicted octanol–water partition coefficient (Wildman–Crippen LogP) is 1.07. The van der Waals surface area contributed by atoms with Gasteiger partial charge in [0.1, 0.15) is 17.7 Å². The highest BCUT2D eigenvalue weighted by atomic mass is 16.4. The smallest absolute Gasteiger partial charge is 0.326 e. The van der Waals surface area contributed by atoms with Crippen LogP contribution in [0.1, 0.15) is 12.2 Å². The van der Waals surface area contributed by atoms with Crippen LogP contribution in [0.5, 0.6) is 0 Å². The number of aromatic nitrogens is 2. The van der Waals surface area contributed by atoms with E-state index in [9.17, 15) is 14.7 Å². The highest BCUT2D eigenvalue weighted by Crippen LogP contribution is 2.21. The van der Waals surface area contributed by atoms with Crippen molar-refractivity contribution in [3.63, 3.8) is 0 Å². The third kappa shape index (κ3) is 4.63. The first-order chi connectivity index (χ1) is 11.4. The van der Waals surface area contributed by atoms with Crippen LogP contribution in [0, 0.1) is 0 Å². The fraction of sp³-hybridized carbons (Fsp3) is 0.375. The van der Waals surface area contributed by atoms with E-state index >= 15 is 0 Å². The number of carboxylic acids is 2. The van der Waals surface area contributed by atoms with E-state index in [0.29, 0.717) is 29.0 Å². The van der Waals surface area contributed by atoms with Gasteiger partial charge in [0.25, 0.3) is 0 Å². The molecule has 0 bridgehead atoms. The lowest BCUT2D eigenvalue weighted by atomic mass is 10.1. The molecule has 2 aromatic rings. The van der Waals surface area contributed by atoms with E-state index in [0.717, 1.165) is 6.54 Å². The van der Waals surface area contributed by atoms with Crippen molar-refractivity contribution in [2.75, 3.05) is 26.0 Å². The first kappa shape index (κ1) is 17.6. The van der Waals surface area contributed by atoms with Gasteiger partial charge in [0.15, 0.2) is 0 Å². The van der Waals surface area contributed by atoms with Crippen LogP contribution in [0.25, 0.3) is 10.9 Å². The second-order valence-corrected chi connectivity index (χ2v) is 5.69. The van der Waals surface area contributed by atoms with Gasteiger partial charge >= 0.3 is 11.9 Å². The Morgan fingerprint density at radius 1 is 1.21 bits per heavy atom. The van der Waals surface area contributed by atoms with Gasteiger partial charge < -0.3 is 20.4 Å². The van der Waals surface area contributed by atoms with Gasteiger partial charge in [-0.1, -0.05) is 12.1 Å². The second-order valence-electron chi connectivity index (χ2n) is 5.69. The number of para-hydroxylation sites is 1. The maximum Gasteiger partial charge on any atom is 0.326 e. The van der Waals surface area contributed by atoms with Crippen molar-refractivity contribution < 1.29 is 19.8 Å². The number of fused-ring (bicyclic) bond motifs is 1. The lowest BCUT2D eigenvalue weighted by Crippen LogP contribution is -2.32. The number of aliphatic carboxylic acids is 2. The first-order valence-electron chi connectivity index (χ1n) is 7.48. The number of hydrogen-bond acceptors (Lipinski definition) is 6. The molecule has 8 nitrogen and oxygen atoms in total. The fourth-order valence-corrected chi connectivity index (χ4v) is 2.21. The van der Waals surface area contributed by atoms with Gasteiger partial charge in [-0.15, -0.1) is 0 Å². The molecule has 24 heavy (non-hydrogen) atoms. The number of carbonyl (C=O) groups is 2. The van der Waals surface area contributed by atoms with Gasteiger partial charge in [0.05, 0.1) is 11.9 Å². The molecule has 0 amide bonds. The highest BCUT2D eigenvalue weighted by Gasteiger charge is 2.22. The van der Waals surface area contributed by atoms with Gasteiger partial charge in [-0.25, -0.2) is 14.8 Å². The predicted molar refractivity (Wildman–Crippen MR) is 89.1 cm³/mol. The van der Waals surface area contributed by atoms with Gasteiger partial charge in [-0.05, 0) is 26.2 Å².